The van der Waals surface area contributed by atoms with Gasteiger partial charge in [0.25, 0.3) is 11.5 Å². The average molecular weight is 281 g/mol. The van der Waals surface area contributed by atoms with E-state index in [1.807, 2.05) is 6.92 Å². The first-order valence-corrected chi connectivity index (χ1v) is 6.75. The lowest BCUT2D eigenvalue weighted by Gasteiger charge is -2.31. The second-order valence-corrected chi connectivity index (χ2v) is 4.71. The van der Waals surface area contributed by atoms with Crippen molar-refractivity contribution in [2.45, 2.75) is 26.0 Å². The first-order chi connectivity index (χ1) is 9.65. The first-order valence-electron chi connectivity index (χ1n) is 6.75. The number of morpholine rings is 1. The summed E-state index contributed by atoms with van der Waals surface area (Å²) in [6, 6.07) is 2.81. The van der Waals surface area contributed by atoms with E-state index in [-0.39, 0.29) is 29.9 Å². The highest BCUT2D eigenvalue weighted by Gasteiger charge is 2.25. The van der Waals surface area contributed by atoms with Gasteiger partial charge in [-0.25, -0.2) is 4.68 Å². The third kappa shape index (κ3) is 3.23. The van der Waals surface area contributed by atoms with Gasteiger partial charge >= 0.3 is 0 Å². The highest BCUT2D eigenvalue weighted by molar-refractivity contribution is 5.92. The molecule has 7 heteroatoms. The summed E-state index contributed by atoms with van der Waals surface area (Å²) in [5.74, 6) is -0.239. The van der Waals surface area contributed by atoms with Gasteiger partial charge in [0.2, 0.25) is 0 Å². The van der Waals surface area contributed by atoms with E-state index in [4.69, 9.17) is 9.84 Å². The minimum Gasteiger partial charge on any atom is -0.394 e. The predicted molar refractivity (Wildman–Crippen MR) is 71.5 cm³/mol. The third-order valence-electron chi connectivity index (χ3n) is 3.15. The molecule has 1 aromatic heterocycles. The summed E-state index contributed by atoms with van der Waals surface area (Å²) in [5, 5.41) is 13.2. The van der Waals surface area contributed by atoms with Crippen molar-refractivity contribution in [2.75, 3.05) is 26.3 Å². The number of carbonyl (C=O) groups is 1. The van der Waals surface area contributed by atoms with Crippen LogP contribution in [-0.2, 0) is 11.3 Å². The molecule has 0 saturated carbocycles. The lowest BCUT2D eigenvalue weighted by atomic mass is 10.2. The smallest absolute Gasteiger partial charge is 0.274 e. The Hall–Kier alpha value is -1.73. The molecule has 1 aliphatic heterocycles. The number of aromatic nitrogens is 2. The molecular weight excluding hydrogens is 262 g/mol. The van der Waals surface area contributed by atoms with Crippen molar-refractivity contribution in [3.63, 3.8) is 0 Å². The number of amides is 1. The van der Waals surface area contributed by atoms with Crippen LogP contribution in [0.4, 0.5) is 0 Å². The Morgan fingerprint density at radius 2 is 2.35 bits per heavy atom. The summed E-state index contributed by atoms with van der Waals surface area (Å²) in [6.45, 7) is 3.50. The van der Waals surface area contributed by atoms with Crippen molar-refractivity contribution in [3.8, 4) is 0 Å². The molecule has 0 spiro atoms. The molecular formula is C13H19N3O4. The van der Waals surface area contributed by atoms with E-state index < -0.39 is 0 Å². The monoisotopic (exact) mass is 281 g/mol. The van der Waals surface area contributed by atoms with E-state index in [1.165, 1.54) is 16.8 Å². The van der Waals surface area contributed by atoms with E-state index in [0.29, 0.717) is 26.2 Å². The molecule has 0 aliphatic carbocycles. The predicted octanol–water partition coefficient (Wildman–Crippen LogP) is -0.513. The topological polar surface area (TPSA) is 84.7 Å². The number of aliphatic hydroxyl groups excluding tert-OH is 1. The summed E-state index contributed by atoms with van der Waals surface area (Å²) in [7, 11) is 0. The molecule has 2 heterocycles. The van der Waals surface area contributed by atoms with Crippen LogP contribution >= 0.6 is 0 Å². The fourth-order valence-corrected chi connectivity index (χ4v) is 2.11. The Balaban J connectivity index is 2.16. The van der Waals surface area contributed by atoms with Crippen molar-refractivity contribution in [2.24, 2.45) is 0 Å². The maximum absolute atomic E-state index is 12.3. The molecule has 1 fully saturated rings. The van der Waals surface area contributed by atoms with Crippen molar-refractivity contribution < 1.29 is 14.6 Å². The Morgan fingerprint density at radius 3 is 3.05 bits per heavy atom. The standard InChI is InChI=1S/C13H19N3O4/c1-2-5-16-12(18)4-3-11(14-16)13(19)15-6-7-20-10(8-15)9-17/h3-4,10,17H,2,5-9H2,1H3. The van der Waals surface area contributed by atoms with Gasteiger partial charge < -0.3 is 14.7 Å². The third-order valence-corrected chi connectivity index (χ3v) is 3.15. The summed E-state index contributed by atoms with van der Waals surface area (Å²) in [6.07, 6.45) is 0.420. The molecule has 2 rings (SSSR count). The van der Waals surface area contributed by atoms with Gasteiger partial charge in [0.15, 0.2) is 0 Å². The first kappa shape index (κ1) is 14.7. The zero-order valence-corrected chi connectivity index (χ0v) is 11.5. The van der Waals surface area contributed by atoms with Crippen LogP contribution in [0.1, 0.15) is 23.8 Å². The number of rotatable bonds is 4. The van der Waals surface area contributed by atoms with Crippen molar-refractivity contribution >= 4 is 5.91 Å². The normalized spacial score (nSPS) is 19.1. The van der Waals surface area contributed by atoms with Crippen LogP contribution in [-0.4, -0.2) is 58.1 Å². The largest absolute Gasteiger partial charge is 0.394 e. The van der Waals surface area contributed by atoms with Crippen LogP contribution in [0.2, 0.25) is 0 Å². The molecule has 20 heavy (non-hydrogen) atoms. The Kier molecular flexibility index (Phi) is 4.86. The molecule has 110 valence electrons. The lowest BCUT2D eigenvalue weighted by Crippen LogP contribution is -2.47. The van der Waals surface area contributed by atoms with Crippen LogP contribution in [0.25, 0.3) is 0 Å². The quantitative estimate of drug-likeness (QED) is 0.803. The minimum absolute atomic E-state index is 0.119. The highest BCUT2D eigenvalue weighted by Crippen LogP contribution is 2.08. The Bertz CT molecular complexity index is 529. The van der Waals surface area contributed by atoms with Crippen molar-refractivity contribution in [3.05, 3.63) is 28.2 Å². The van der Waals surface area contributed by atoms with Gasteiger partial charge in [-0.15, -0.1) is 0 Å². The van der Waals surface area contributed by atoms with Gasteiger partial charge in [0, 0.05) is 25.7 Å². The van der Waals surface area contributed by atoms with Crippen LogP contribution in [0.15, 0.2) is 16.9 Å². The second kappa shape index (κ2) is 6.62. The maximum atomic E-state index is 12.3. The summed E-state index contributed by atoms with van der Waals surface area (Å²) < 4.78 is 6.61. The Morgan fingerprint density at radius 1 is 1.55 bits per heavy atom. The van der Waals surface area contributed by atoms with Gasteiger partial charge in [0.05, 0.1) is 19.3 Å². The molecule has 1 aromatic rings. The summed E-state index contributed by atoms with van der Waals surface area (Å²) in [4.78, 5) is 25.5. The fourth-order valence-electron chi connectivity index (χ4n) is 2.11. The van der Waals surface area contributed by atoms with Gasteiger partial charge in [-0.3, -0.25) is 9.59 Å². The lowest BCUT2D eigenvalue weighted by molar-refractivity contribution is -0.0449. The molecule has 1 aliphatic rings. The van der Waals surface area contributed by atoms with Gasteiger partial charge in [0.1, 0.15) is 5.69 Å². The molecule has 1 amide bonds. The zero-order valence-electron chi connectivity index (χ0n) is 11.5. The van der Waals surface area contributed by atoms with Crippen LogP contribution in [0.5, 0.6) is 0 Å². The SMILES string of the molecule is CCCn1nc(C(=O)N2CCOC(CO)C2)ccc1=O. The number of nitrogens with zero attached hydrogens (tertiary/aromatic N) is 3. The maximum Gasteiger partial charge on any atom is 0.274 e. The van der Waals surface area contributed by atoms with E-state index in [1.54, 1.807) is 4.90 Å². The molecule has 1 saturated heterocycles. The molecule has 1 atom stereocenters. The van der Waals surface area contributed by atoms with E-state index >= 15 is 0 Å². The molecule has 0 aromatic carbocycles. The summed E-state index contributed by atoms with van der Waals surface area (Å²) >= 11 is 0. The summed E-state index contributed by atoms with van der Waals surface area (Å²) in [5.41, 5.74) is 0.0373. The molecule has 1 unspecified atom stereocenters. The van der Waals surface area contributed by atoms with Gasteiger partial charge in [-0.1, -0.05) is 6.92 Å². The number of ether oxygens (including phenoxy) is 1. The fraction of sp³-hybridized carbons (Fsp3) is 0.615. The van der Waals surface area contributed by atoms with Crippen LogP contribution in [0, 0.1) is 0 Å². The van der Waals surface area contributed by atoms with Crippen LogP contribution < -0.4 is 5.56 Å². The van der Waals surface area contributed by atoms with Crippen LogP contribution in [0.3, 0.4) is 0 Å². The molecule has 0 bridgehead atoms. The zero-order chi connectivity index (χ0) is 14.5. The second-order valence-electron chi connectivity index (χ2n) is 4.71. The van der Waals surface area contributed by atoms with Gasteiger partial charge in [-0.2, -0.15) is 5.10 Å². The number of aliphatic hydroxyl groups is 1. The molecule has 7 nitrogen and oxygen atoms in total. The highest BCUT2D eigenvalue weighted by atomic mass is 16.5. The number of aryl methyl sites for hydroxylation is 1. The van der Waals surface area contributed by atoms with Gasteiger partial charge in [-0.05, 0) is 12.5 Å². The Labute approximate surface area is 116 Å². The molecule has 0 radical (unpaired) electrons. The van der Waals surface area contributed by atoms with E-state index in [2.05, 4.69) is 5.10 Å². The number of carbonyl (C=O) groups excluding carboxylic acids is 1. The van der Waals surface area contributed by atoms with Crippen molar-refractivity contribution in [1.29, 1.82) is 0 Å². The minimum atomic E-state index is -0.353. The van der Waals surface area contributed by atoms with Crippen molar-refractivity contribution in [1.82, 2.24) is 14.7 Å². The number of hydrogen-bond donors (Lipinski definition) is 1. The molecule has 1 N–H and O–H groups in total. The van der Waals surface area contributed by atoms with E-state index in [0.717, 1.165) is 6.42 Å². The number of hydrogen-bond acceptors (Lipinski definition) is 5. The van der Waals surface area contributed by atoms with E-state index in [9.17, 15) is 9.59 Å². The average Bonchev–Trinajstić information content (AvgIpc) is 2.49.